The van der Waals surface area contributed by atoms with Gasteiger partial charge in [-0.1, -0.05) is 25.1 Å². The van der Waals surface area contributed by atoms with Crippen LogP contribution < -0.4 is 10.6 Å². The number of amides is 3. The maximum Gasteiger partial charge on any atom is 0.336 e. The van der Waals surface area contributed by atoms with Gasteiger partial charge in [-0.25, -0.2) is 9.59 Å². The number of aromatic nitrogens is 1. The van der Waals surface area contributed by atoms with Crippen LogP contribution in [0.3, 0.4) is 0 Å². The number of pyridine rings is 1. The molecule has 0 radical (unpaired) electrons. The van der Waals surface area contributed by atoms with Gasteiger partial charge < -0.3 is 10.4 Å². The van der Waals surface area contributed by atoms with Crippen molar-refractivity contribution in [3.05, 3.63) is 41.1 Å². The summed E-state index contributed by atoms with van der Waals surface area (Å²) >= 11 is 0. The maximum absolute atomic E-state index is 12.4. The molecule has 1 aliphatic carbocycles. The number of rotatable bonds is 4. The van der Waals surface area contributed by atoms with Crippen LogP contribution in [0.4, 0.5) is 4.79 Å². The van der Waals surface area contributed by atoms with Crippen molar-refractivity contribution in [3.8, 4) is 0 Å². The van der Waals surface area contributed by atoms with Crippen LogP contribution in [-0.4, -0.2) is 34.5 Å². The molecule has 1 heterocycles. The highest BCUT2D eigenvalue weighted by Crippen LogP contribution is 2.42. The average molecular weight is 355 g/mol. The highest BCUT2D eigenvalue weighted by molar-refractivity contribution is 6.05. The van der Waals surface area contributed by atoms with Gasteiger partial charge in [0, 0.05) is 23.5 Å². The highest BCUT2D eigenvalue weighted by Gasteiger charge is 2.37. The van der Waals surface area contributed by atoms with E-state index in [1.807, 2.05) is 6.07 Å². The zero-order valence-electron chi connectivity index (χ0n) is 14.7. The van der Waals surface area contributed by atoms with Crippen LogP contribution in [0.15, 0.2) is 24.3 Å². The van der Waals surface area contributed by atoms with E-state index in [-0.39, 0.29) is 11.5 Å². The van der Waals surface area contributed by atoms with Crippen molar-refractivity contribution in [1.82, 2.24) is 15.6 Å². The van der Waals surface area contributed by atoms with E-state index in [0.29, 0.717) is 35.9 Å². The summed E-state index contributed by atoms with van der Waals surface area (Å²) in [4.78, 5) is 40.6. The molecule has 7 heteroatoms. The Balaban J connectivity index is 2.00. The van der Waals surface area contributed by atoms with E-state index in [9.17, 15) is 19.5 Å². The van der Waals surface area contributed by atoms with Crippen LogP contribution in [0.1, 0.15) is 47.8 Å². The Hall–Kier alpha value is -2.96. The van der Waals surface area contributed by atoms with E-state index in [2.05, 4.69) is 15.6 Å². The zero-order valence-corrected chi connectivity index (χ0v) is 14.7. The Kier molecular flexibility index (Phi) is 4.88. The van der Waals surface area contributed by atoms with Crippen LogP contribution in [0.2, 0.25) is 0 Å². The van der Waals surface area contributed by atoms with Crippen molar-refractivity contribution >= 4 is 28.8 Å². The lowest BCUT2D eigenvalue weighted by atomic mass is 9.85. The third kappa shape index (κ3) is 3.12. The second-order valence-corrected chi connectivity index (χ2v) is 6.45. The van der Waals surface area contributed by atoms with Crippen LogP contribution in [0, 0.1) is 5.92 Å². The number of hydrogen-bond donors (Lipinski definition) is 3. The molecule has 1 aliphatic rings. The number of benzene rings is 1. The predicted molar refractivity (Wildman–Crippen MR) is 96.1 cm³/mol. The number of nitrogens with one attached hydrogen (secondary N) is 2. The number of hydrogen-bond acceptors (Lipinski definition) is 4. The molecule has 3 rings (SSSR count). The van der Waals surface area contributed by atoms with E-state index in [1.165, 1.54) is 0 Å². The van der Waals surface area contributed by atoms with E-state index in [4.69, 9.17) is 0 Å². The number of carboxylic acids is 1. The van der Waals surface area contributed by atoms with Gasteiger partial charge in [-0.05, 0) is 37.3 Å². The molecule has 0 saturated carbocycles. The molecule has 0 aliphatic heterocycles. The molecule has 0 saturated heterocycles. The fraction of sp³-hybridized carbons (Fsp3) is 0.368. The van der Waals surface area contributed by atoms with Crippen LogP contribution >= 0.6 is 0 Å². The SMILES string of the molecule is CCNC(=O)NC(=O)C(C)C1CCc2nc3ccccc3c(C(=O)O)c21. The number of urea groups is 1. The standard InChI is InChI=1S/C19H21N3O4/c1-3-20-19(26)22-17(23)10(2)11-8-9-14-15(11)16(18(24)25)12-6-4-5-7-13(12)21-14/h4-7,10-11H,3,8-9H2,1-2H3,(H,24,25)(H2,20,22,23,26). The lowest BCUT2D eigenvalue weighted by molar-refractivity contribution is -0.124. The van der Waals surface area contributed by atoms with Gasteiger partial charge in [0.15, 0.2) is 0 Å². The molecule has 0 bridgehead atoms. The zero-order chi connectivity index (χ0) is 18.8. The van der Waals surface area contributed by atoms with Gasteiger partial charge in [-0.15, -0.1) is 0 Å². The first-order valence-electron chi connectivity index (χ1n) is 8.67. The first-order valence-corrected chi connectivity index (χ1v) is 8.67. The molecule has 0 fully saturated rings. The molecule has 2 unspecified atom stereocenters. The summed E-state index contributed by atoms with van der Waals surface area (Å²) in [6.45, 7) is 3.89. The van der Waals surface area contributed by atoms with Gasteiger partial charge in [0.05, 0.1) is 11.1 Å². The van der Waals surface area contributed by atoms with Crippen molar-refractivity contribution in [2.24, 2.45) is 5.92 Å². The number of carboxylic acid groups (broad SMARTS) is 1. The molecule has 26 heavy (non-hydrogen) atoms. The minimum absolute atomic E-state index is 0.214. The molecule has 7 nitrogen and oxygen atoms in total. The first kappa shape index (κ1) is 17.8. The quantitative estimate of drug-likeness (QED) is 0.781. The number of aromatic carboxylic acids is 1. The van der Waals surface area contributed by atoms with Gasteiger partial charge >= 0.3 is 12.0 Å². The van der Waals surface area contributed by atoms with Gasteiger partial charge in [-0.3, -0.25) is 15.1 Å². The third-order valence-electron chi connectivity index (χ3n) is 4.88. The van der Waals surface area contributed by atoms with Crippen LogP contribution in [0.5, 0.6) is 0 Å². The molecule has 2 atom stereocenters. The number of fused-ring (bicyclic) bond motifs is 2. The van der Waals surface area contributed by atoms with Crippen molar-refractivity contribution in [2.45, 2.75) is 32.6 Å². The van der Waals surface area contributed by atoms with E-state index in [1.54, 1.807) is 32.0 Å². The molecule has 2 aromatic rings. The average Bonchev–Trinajstić information content (AvgIpc) is 3.01. The van der Waals surface area contributed by atoms with E-state index < -0.39 is 23.8 Å². The second-order valence-electron chi connectivity index (χ2n) is 6.45. The fourth-order valence-electron chi connectivity index (χ4n) is 3.65. The summed E-state index contributed by atoms with van der Waals surface area (Å²) in [5, 5.41) is 15.2. The first-order chi connectivity index (χ1) is 12.4. The molecule has 1 aromatic carbocycles. The molecule has 3 N–H and O–H groups in total. The Morgan fingerprint density at radius 2 is 2.04 bits per heavy atom. The molecule has 1 aromatic heterocycles. The molecule has 136 valence electrons. The Morgan fingerprint density at radius 1 is 1.31 bits per heavy atom. The third-order valence-corrected chi connectivity index (χ3v) is 4.88. The highest BCUT2D eigenvalue weighted by atomic mass is 16.4. The summed E-state index contributed by atoms with van der Waals surface area (Å²) in [6, 6.07) is 6.58. The molecular weight excluding hydrogens is 334 g/mol. The Bertz CT molecular complexity index is 894. The number of carbonyl (C=O) groups is 3. The maximum atomic E-state index is 12.4. The van der Waals surface area contributed by atoms with Crippen molar-refractivity contribution in [2.75, 3.05) is 6.54 Å². The number of para-hydroxylation sites is 1. The van der Waals surface area contributed by atoms with Gasteiger partial charge in [0.25, 0.3) is 0 Å². The van der Waals surface area contributed by atoms with Crippen molar-refractivity contribution in [1.29, 1.82) is 0 Å². The predicted octanol–water partition coefficient (Wildman–Crippen LogP) is 2.44. The van der Waals surface area contributed by atoms with Crippen molar-refractivity contribution < 1.29 is 19.5 Å². The van der Waals surface area contributed by atoms with Crippen LogP contribution in [0.25, 0.3) is 10.9 Å². The summed E-state index contributed by atoms with van der Waals surface area (Å²) in [5.74, 6) is -2.27. The van der Waals surface area contributed by atoms with E-state index in [0.717, 1.165) is 5.69 Å². The lowest BCUT2D eigenvalue weighted by Gasteiger charge is -2.21. The largest absolute Gasteiger partial charge is 0.478 e. The normalized spacial score (nSPS) is 16.8. The Labute approximate surface area is 150 Å². The summed E-state index contributed by atoms with van der Waals surface area (Å²) in [7, 11) is 0. The molecule has 0 spiro atoms. The number of carbonyl (C=O) groups excluding carboxylic acids is 2. The van der Waals surface area contributed by atoms with Gasteiger partial charge in [-0.2, -0.15) is 0 Å². The van der Waals surface area contributed by atoms with E-state index >= 15 is 0 Å². The topological polar surface area (TPSA) is 108 Å². The van der Waals surface area contributed by atoms with Crippen LogP contribution in [-0.2, 0) is 11.2 Å². The number of nitrogens with zero attached hydrogens (tertiary/aromatic N) is 1. The van der Waals surface area contributed by atoms with Gasteiger partial charge in [0.2, 0.25) is 5.91 Å². The summed E-state index contributed by atoms with van der Waals surface area (Å²) in [5.41, 5.74) is 2.20. The summed E-state index contributed by atoms with van der Waals surface area (Å²) < 4.78 is 0. The monoisotopic (exact) mass is 355 g/mol. The van der Waals surface area contributed by atoms with Gasteiger partial charge in [0.1, 0.15) is 0 Å². The molecule has 3 amide bonds. The lowest BCUT2D eigenvalue weighted by Crippen LogP contribution is -2.42. The smallest absolute Gasteiger partial charge is 0.336 e. The fourth-order valence-corrected chi connectivity index (χ4v) is 3.65. The van der Waals surface area contributed by atoms with Crippen molar-refractivity contribution in [3.63, 3.8) is 0 Å². The number of imide groups is 1. The summed E-state index contributed by atoms with van der Waals surface area (Å²) in [6.07, 6.45) is 1.24. The Morgan fingerprint density at radius 3 is 2.73 bits per heavy atom. The number of aryl methyl sites for hydroxylation is 1. The second kappa shape index (κ2) is 7.11. The minimum atomic E-state index is -1.02. The minimum Gasteiger partial charge on any atom is -0.478 e. The molecular formula is C19H21N3O4.